The molecule has 7 heteroatoms. The summed E-state index contributed by atoms with van der Waals surface area (Å²) in [6.45, 7) is 5.67. The van der Waals surface area contributed by atoms with E-state index in [2.05, 4.69) is 5.16 Å². The highest BCUT2D eigenvalue weighted by Crippen LogP contribution is 2.27. The molecule has 1 aliphatic rings. The third kappa shape index (κ3) is 3.48. The predicted octanol–water partition coefficient (Wildman–Crippen LogP) is 1.47. The van der Waals surface area contributed by atoms with Gasteiger partial charge in [-0.15, -0.1) is 0 Å². The van der Waals surface area contributed by atoms with Crippen LogP contribution in [0.2, 0.25) is 0 Å². The van der Waals surface area contributed by atoms with E-state index in [0.717, 1.165) is 0 Å². The molecule has 1 fully saturated rings. The van der Waals surface area contributed by atoms with Crippen molar-refractivity contribution >= 4 is 11.9 Å². The first-order chi connectivity index (χ1) is 8.18. The van der Waals surface area contributed by atoms with Gasteiger partial charge in [-0.25, -0.2) is 9.18 Å². The van der Waals surface area contributed by atoms with Gasteiger partial charge in [0.2, 0.25) is 0 Å². The van der Waals surface area contributed by atoms with Gasteiger partial charge in [0.1, 0.15) is 5.60 Å². The van der Waals surface area contributed by atoms with Gasteiger partial charge >= 0.3 is 6.09 Å². The van der Waals surface area contributed by atoms with Crippen LogP contribution < -0.4 is 5.73 Å². The second-order valence-corrected chi connectivity index (χ2v) is 5.42. The van der Waals surface area contributed by atoms with Gasteiger partial charge in [0.05, 0.1) is 0 Å². The fourth-order valence-electron chi connectivity index (χ4n) is 1.72. The molecule has 0 aromatic carbocycles. The van der Waals surface area contributed by atoms with Gasteiger partial charge in [-0.05, 0) is 20.8 Å². The summed E-state index contributed by atoms with van der Waals surface area (Å²) in [6.07, 6.45) is -0.464. The van der Waals surface area contributed by atoms with E-state index in [1.807, 2.05) is 0 Å². The summed E-state index contributed by atoms with van der Waals surface area (Å²) in [5, 5.41) is 11.2. The number of amidine groups is 1. The predicted molar refractivity (Wildman–Crippen MR) is 64.3 cm³/mol. The fourth-order valence-corrected chi connectivity index (χ4v) is 1.72. The van der Waals surface area contributed by atoms with Crippen molar-refractivity contribution in [2.45, 2.75) is 44.9 Å². The second-order valence-electron chi connectivity index (χ2n) is 5.42. The number of alkyl halides is 1. The zero-order chi connectivity index (χ0) is 14.0. The third-order valence-electron chi connectivity index (χ3n) is 2.77. The monoisotopic (exact) mass is 261 g/mol. The minimum absolute atomic E-state index is 0.00212. The molecular weight excluding hydrogens is 241 g/mol. The minimum atomic E-state index is -1.84. The molecule has 1 aliphatic heterocycles. The van der Waals surface area contributed by atoms with E-state index in [4.69, 9.17) is 15.7 Å². The summed E-state index contributed by atoms with van der Waals surface area (Å²) in [7, 11) is 0. The number of hydrogen-bond donors (Lipinski definition) is 2. The van der Waals surface area contributed by atoms with Gasteiger partial charge in [0.15, 0.2) is 11.5 Å². The molecule has 0 radical (unpaired) electrons. The smallest absolute Gasteiger partial charge is 0.410 e. The van der Waals surface area contributed by atoms with Crippen molar-refractivity contribution in [1.82, 2.24) is 4.90 Å². The largest absolute Gasteiger partial charge is 0.444 e. The van der Waals surface area contributed by atoms with Crippen LogP contribution in [0.15, 0.2) is 5.16 Å². The summed E-state index contributed by atoms with van der Waals surface area (Å²) in [6, 6.07) is 0. The molecule has 104 valence electrons. The summed E-state index contributed by atoms with van der Waals surface area (Å²) in [5.41, 5.74) is 2.88. The topological polar surface area (TPSA) is 88.2 Å². The van der Waals surface area contributed by atoms with Crippen molar-refractivity contribution in [3.05, 3.63) is 0 Å². The standard InChI is InChI=1S/C11H20FN3O3/c1-10(2,3)18-9(16)15-6-4-11(12,5-7-15)8(13)14-17/h17H,4-7H2,1-3H3,(H2,13,14). The summed E-state index contributed by atoms with van der Waals surface area (Å²) in [4.78, 5) is 13.2. The Hall–Kier alpha value is -1.53. The number of carbonyl (C=O) groups is 1. The normalized spacial score (nSPS) is 20.7. The highest BCUT2D eigenvalue weighted by atomic mass is 19.1. The number of carbonyl (C=O) groups excluding carboxylic acids is 1. The van der Waals surface area contributed by atoms with E-state index >= 15 is 0 Å². The molecule has 0 spiro atoms. The number of amides is 1. The lowest BCUT2D eigenvalue weighted by Crippen LogP contribution is -2.51. The van der Waals surface area contributed by atoms with Crippen LogP contribution in [0.1, 0.15) is 33.6 Å². The number of nitrogens with zero attached hydrogens (tertiary/aromatic N) is 2. The molecule has 18 heavy (non-hydrogen) atoms. The maximum Gasteiger partial charge on any atom is 0.410 e. The minimum Gasteiger partial charge on any atom is -0.444 e. The zero-order valence-corrected chi connectivity index (χ0v) is 10.9. The Morgan fingerprint density at radius 2 is 1.94 bits per heavy atom. The van der Waals surface area contributed by atoms with Crippen LogP contribution in [0, 0.1) is 0 Å². The van der Waals surface area contributed by atoms with E-state index in [-0.39, 0.29) is 25.9 Å². The molecule has 1 amide bonds. The summed E-state index contributed by atoms with van der Waals surface area (Å²) < 4.78 is 19.3. The van der Waals surface area contributed by atoms with Gasteiger partial charge in [-0.1, -0.05) is 5.16 Å². The van der Waals surface area contributed by atoms with Gasteiger partial charge in [-0.3, -0.25) is 0 Å². The molecule has 1 heterocycles. The maximum atomic E-state index is 14.1. The van der Waals surface area contributed by atoms with Crippen molar-refractivity contribution < 1.29 is 19.1 Å². The Balaban J connectivity index is 2.57. The van der Waals surface area contributed by atoms with Crippen molar-refractivity contribution in [2.24, 2.45) is 10.9 Å². The Kier molecular flexibility index (Phi) is 4.03. The third-order valence-corrected chi connectivity index (χ3v) is 2.77. The van der Waals surface area contributed by atoms with Crippen molar-refractivity contribution in [1.29, 1.82) is 0 Å². The number of nitrogens with two attached hydrogens (primary N) is 1. The van der Waals surface area contributed by atoms with E-state index in [0.29, 0.717) is 0 Å². The van der Waals surface area contributed by atoms with Crippen LogP contribution in [0.5, 0.6) is 0 Å². The molecular formula is C11H20FN3O3. The Labute approximate surface area is 106 Å². The van der Waals surface area contributed by atoms with Crippen LogP contribution in [-0.2, 0) is 4.74 Å². The highest BCUT2D eigenvalue weighted by Gasteiger charge is 2.40. The lowest BCUT2D eigenvalue weighted by atomic mass is 9.92. The maximum absolute atomic E-state index is 14.1. The van der Waals surface area contributed by atoms with Crippen molar-refractivity contribution in [3.63, 3.8) is 0 Å². The van der Waals surface area contributed by atoms with Crippen molar-refractivity contribution in [2.75, 3.05) is 13.1 Å². The molecule has 0 atom stereocenters. The number of oxime groups is 1. The molecule has 0 unspecified atom stereocenters. The fraction of sp³-hybridized carbons (Fsp3) is 0.818. The van der Waals surface area contributed by atoms with Crippen LogP contribution in [-0.4, -0.2) is 46.4 Å². The highest BCUT2D eigenvalue weighted by molar-refractivity contribution is 5.88. The zero-order valence-electron chi connectivity index (χ0n) is 10.9. The lowest BCUT2D eigenvalue weighted by molar-refractivity contribution is 0.0123. The summed E-state index contributed by atoms with van der Waals surface area (Å²) in [5.74, 6) is -0.439. The summed E-state index contributed by atoms with van der Waals surface area (Å²) >= 11 is 0. The van der Waals surface area contributed by atoms with Crippen molar-refractivity contribution in [3.8, 4) is 0 Å². The van der Waals surface area contributed by atoms with Crippen LogP contribution >= 0.6 is 0 Å². The molecule has 1 rings (SSSR count). The Morgan fingerprint density at radius 3 is 2.33 bits per heavy atom. The van der Waals surface area contributed by atoms with Gasteiger partial charge in [0, 0.05) is 25.9 Å². The quantitative estimate of drug-likeness (QED) is 0.324. The first-order valence-electron chi connectivity index (χ1n) is 5.83. The van der Waals surface area contributed by atoms with E-state index in [1.165, 1.54) is 4.90 Å². The molecule has 0 saturated carbocycles. The number of hydrogen-bond acceptors (Lipinski definition) is 4. The second kappa shape index (κ2) is 4.99. The van der Waals surface area contributed by atoms with E-state index < -0.39 is 23.2 Å². The number of piperidine rings is 1. The first kappa shape index (κ1) is 14.5. The SMILES string of the molecule is CC(C)(C)OC(=O)N1CCC(F)(/C(N)=N/O)CC1. The van der Waals surface area contributed by atoms with Crippen LogP contribution in [0.4, 0.5) is 9.18 Å². The molecule has 0 aliphatic carbocycles. The lowest BCUT2D eigenvalue weighted by Gasteiger charge is -2.36. The van der Waals surface area contributed by atoms with Gasteiger partial charge < -0.3 is 20.6 Å². The Bertz CT molecular complexity index is 344. The average molecular weight is 261 g/mol. The molecule has 3 N–H and O–H groups in total. The first-order valence-corrected chi connectivity index (χ1v) is 5.83. The van der Waals surface area contributed by atoms with Crippen LogP contribution in [0.25, 0.3) is 0 Å². The average Bonchev–Trinajstić information content (AvgIpc) is 2.26. The van der Waals surface area contributed by atoms with Gasteiger partial charge in [-0.2, -0.15) is 0 Å². The number of likely N-dealkylation sites (tertiary alicyclic amines) is 1. The van der Waals surface area contributed by atoms with E-state index in [1.54, 1.807) is 20.8 Å². The number of halogens is 1. The van der Waals surface area contributed by atoms with Crippen LogP contribution in [0.3, 0.4) is 0 Å². The number of ether oxygens (including phenoxy) is 1. The molecule has 6 nitrogen and oxygen atoms in total. The number of rotatable bonds is 1. The van der Waals surface area contributed by atoms with Gasteiger partial charge in [0.25, 0.3) is 0 Å². The van der Waals surface area contributed by atoms with E-state index in [9.17, 15) is 9.18 Å². The molecule has 0 aromatic rings. The Morgan fingerprint density at radius 1 is 1.44 bits per heavy atom. The molecule has 1 saturated heterocycles. The molecule has 0 bridgehead atoms. The molecule has 0 aromatic heterocycles.